The second-order valence-corrected chi connectivity index (χ2v) is 8.30. The Hall–Kier alpha value is -3.13. The summed E-state index contributed by atoms with van der Waals surface area (Å²) in [5.74, 6) is -0.499. The maximum Gasteiger partial charge on any atom is 0.294 e. The molecule has 0 saturated carbocycles. The summed E-state index contributed by atoms with van der Waals surface area (Å²) in [5.41, 5.74) is 1.11. The normalized spacial score (nSPS) is 17.6. The molecular weight excluding hydrogens is 419 g/mol. The van der Waals surface area contributed by atoms with E-state index in [2.05, 4.69) is 0 Å². The molecule has 0 spiro atoms. The van der Waals surface area contributed by atoms with E-state index in [1.807, 2.05) is 0 Å². The van der Waals surface area contributed by atoms with E-state index in [1.54, 1.807) is 53.4 Å². The third-order valence-electron chi connectivity index (χ3n) is 5.13. The van der Waals surface area contributed by atoms with Crippen LogP contribution in [0.1, 0.15) is 24.0 Å². The second kappa shape index (κ2) is 9.34. The van der Waals surface area contributed by atoms with Crippen LogP contribution in [0.2, 0.25) is 0 Å². The minimum absolute atomic E-state index is 0.0747. The molecule has 2 aromatic carbocycles. The molecule has 160 valence electrons. The third kappa shape index (κ3) is 4.96. The van der Waals surface area contributed by atoms with Gasteiger partial charge in [0.05, 0.1) is 4.91 Å². The van der Waals surface area contributed by atoms with E-state index >= 15 is 0 Å². The molecule has 0 radical (unpaired) electrons. The van der Waals surface area contributed by atoms with Crippen molar-refractivity contribution < 1.29 is 23.5 Å². The van der Waals surface area contributed by atoms with E-state index in [4.69, 9.17) is 4.74 Å². The molecule has 2 heterocycles. The molecule has 0 aliphatic carbocycles. The summed E-state index contributed by atoms with van der Waals surface area (Å²) in [6.07, 6.45) is 3.49. The molecule has 0 aromatic heterocycles. The zero-order chi connectivity index (χ0) is 21.8. The van der Waals surface area contributed by atoms with E-state index in [9.17, 15) is 18.8 Å². The number of hydrogen-bond acceptors (Lipinski definition) is 5. The fourth-order valence-electron chi connectivity index (χ4n) is 3.46. The van der Waals surface area contributed by atoms with E-state index < -0.39 is 11.1 Å². The highest BCUT2D eigenvalue weighted by Gasteiger charge is 2.37. The Morgan fingerprint density at radius 3 is 2.65 bits per heavy atom. The molecular formula is C23H21FN2O4S. The number of nitrogens with zero attached hydrogens (tertiary/aromatic N) is 2. The number of imide groups is 1. The average molecular weight is 440 g/mol. The van der Waals surface area contributed by atoms with Crippen LogP contribution in [0, 0.1) is 5.82 Å². The highest BCUT2D eigenvalue weighted by molar-refractivity contribution is 8.18. The Kier molecular flexibility index (Phi) is 6.36. The lowest BCUT2D eigenvalue weighted by atomic mass is 10.2. The van der Waals surface area contributed by atoms with Gasteiger partial charge in [0, 0.05) is 18.7 Å². The van der Waals surface area contributed by atoms with Crippen molar-refractivity contribution in [3.8, 4) is 5.75 Å². The quantitative estimate of drug-likeness (QED) is 0.634. The third-order valence-corrected chi connectivity index (χ3v) is 6.04. The summed E-state index contributed by atoms with van der Waals surface area (Å²) >= 11 is 0.817. The Morgan fingerprint density at radius 1 is 1.10 bits per heavy atom. The number of benzene rings is 2. The van der Waals surface area contributed by atoms with Gasteiger partial charge in [0.15, 0.2) is 0 Å². The van der Waals surface area contributed by atoms with Crippen LogP contribution in [0.4, 0.5) is 9.18 Å². The van der Waals surface area contributed by atoms with Gasteiger partial charge in [-0.15, -0.1) is 0 Å². The number of carbonyl (C=O) groups excluding carboxylic acids is 3. The lowest BCUT2D eigenvalue weighted by Gasteiger charge is -2.18. The average Bonchev–Trinajstić information content (AvgIpc) is 3.39. The topological polar surface area (TPSA) is 66.9 Å². The highest BCUT2D eigenvalue weighted by atomic mass is 32.2. The number of ether oxygens (including phenoxy) is 1. The van der Waals surface area contributed by atoms with Crippen LogP contribution in [0.5, 0.6) is 5.75 Å². The van der Waals surface area contributed by atoms with E-state index in [0.29, 0.717) is 30.0 Å². The molecule has 4 rings (SSSR count). The Balaban J connectivity index is 1.43. The first-order valence-electron chi connectivity index (χ1n) is 10.0. The molecule has 2 fully saturated rings. The number of thioether (sulfide) groups is 1. The first-order valence-corrected chi connectivity index (χ1v) is 10.8. The van der Waals surface area contributed by atoms with Crippen LogP contribution in [0.25, 0.3) is 6.08 Å². The highest BCUT2D eigenvalue weighted by Crippen LogP contribution is 2.32. The van der Waals surface area contributed by atoms with Gasteiger partial charge in [-0.3, -0.25) is 19.3 Å². The van der Waals surface area contributed by atoms with Crippen molar-refractivity contribution in [1.82, 2.24) is 9.80 Å². The number of likely N-dealkylation sites (tertiary alicyclic amines) is 1. The zero-order valence-corrected chi connectivity index (χ0v) is 17.6. The Bertz CT molecular complexity index is 1050. The fourth-order valence-corrected chi connectivity index (χ4v) is 4.30. The van der Waals surface area contributed by atoms with Crippen LogP contribution < -0.4 is 4.74 Å². The number of carbonyl (C=O) groups is 3. The van der Waals surface area contributed by atoms with Gasteiger partial charge in [-0.25, -0.2) is 4.39 Å². The summed E-state index contributed by atoms with van der Waals surface area (Å²) in [6.45, 7) is 1.19. The Morgan fingerprint density at radius 2 is 1.87 bits per heavy atom. The van der Waals surface area contributed by atoms with Crippen LogP contribution in [0.15, 0.2) is 53.4 Å². The van der Waals surface area contributed by atoms with Crippen molar-refractivity contribution >= 4 is 34.9 Å². The zero-order valence-electron chi connectivity index (χ0n) is 16.8. The summed E-state index contributed by atoms with van der Waals surface area (Å²) in [7, 11) is 0. The number of halogens is 1. The molecule has 0 bridgehead atoms. The van der Waals surface area contributed by atoms with Crippen LogP contribution in [-0.4, -0.2) is 46.5 Å². The predicted molar refractivity (Wildman–Crippen MR) is 116 cm³/mol. The first kappa shape index (κ1) is 21.1. The monoisotopic (exact) mass is 440 g/mol. The van der Waals surface area contributed by atoms with Gasteiger partial charge in [-0.05, 0) is 54.4 Å². The first-order chi connectivity index (χ1) is 15.0. The van der Waals surface area contributed by atoms with Crippen molar-refractivity contribution in [2.45, 2.75) is 19.4 Å². The van der Waals surface area contributed by atoms with Gasteiger partial charge >= 0.3 is 0 Å². The summed E-state index contributed by atoms with van der Waals surface area (Å²) in [6, 6.07) is 13.4. The maximum atomic E-state index is 13.8. The largest absolute Gasteiger partial charge is 0.489 e. The molecule has 2 aromatic rings. The molecule has 31 heavy (non-hydrogen) atoms. The van der Waals surface area contributed by atoms with Gasteiger partial charge in [0.25, 0.3) is 11.1 Å². The fraction of sp³-hybridized carbons (Fsp3) is 0.261. The molecule has 0 atom stereocenters. The van der Waals surface area contributed by atoms with Crippen molar-refractivity contribution in [3.05, 3.63) is 70.4 Å². The van der Waals surface area contributed by atoms with Crippen molar-refractivity contribution in [1.29, 1.82) is 0 Å². The van der Waals surface area contributed by atoms with Crippen LogP contribution in [0.3, 0.4) is 0 Å². The van der Waals surface area contributed by atoms with Gasteiger partial charge < -0.3 is 9.64 Å². The molecule has 6 nitrogen and oxygen atoms in total. The molecule has 2 saturated heterocycles. The smallest absolute Gasteiger partial charge is 0.294 e. The minimum Gasteiger partial charge on any atom is -0.489 e. The second-order valence-electron chi connectivity index (χ2n) is 7.31. The number of amides is 3. The van der Waals surface area contributed by atoms with Crippen molar-refractivity contribution in [2.75, 3.05) is 19.6 Å². The molecule has 2 aliphatic rings. The van der Waals surface area contributed by atoms with Gasteiger partial charge in [0.1, 0.15) is 24.7 Å². The molecule has 8 heteroatoms. The summed E-state index contributed by atoms with van der Waals surface area (Å²) in [5, 5.41) is -0.448. The number of hydrogen-bond donors (Lipinski definition) is 0. The van der Waals surface area contributed by atoms with E-state index in [-0.39, 0.29) is 29.8 Å². The van der Waals surface area contributed by atoms with Gasteiger partial charge in [-0.1, -0.05) is 30.3 Å². The van der Waals surface area contributed by atoms with Gasteiger partial charge in [0.2, 0.25) is 5.91 Å². The molecule has 2 aliphatic heterocycles. The Labute approximate surface area is 183 Å². The van der Waals surface area contributed by atoms with Crippen LogP contribution >= 0.6 is 11.8 Å². The lowest BCUT2D eigenvalue weighted by molar-refractivity contribution is -0.135. The summed E-state index contributed by atoms with van der Waals surface area (Å²) < 4.78 is 19.4. The predicted octanol–water partition coefficient (Wildman–Crippen LogP) is 4.06. The molecule has 0 unspecified atom stereocenters. The van der Waals surface area contributed by atoms with Crippen LogP contribution in [-0.2, 0) is 16.2 Å². The lowest BCUT2D eigenvalue weighted by Crippen LogP contribution is -2.40. The molecule has 0 N–H and O–H groups in total. The molecule has 3 amide bonds. The SMILES string of the molecule is O=C(CN1C(=O)S/C(=C/c2cccc(OCc3ccccc3F)c2)C1=O)N1CCCC1. The van der Waals surface area contributed by atoms with E-state index in [1.165, 1.54) is 6.07 Å². The maximum absolute atomic E-state index is 13.8. The van der Waals surface area contributed by atoms with Gasteiger partial charge in [-0.2, -0.15) is 0 Å². The number of rotatable bonds is 6. The van der Waals surface area contributed by atoms with Crippen molar-refractivity contribution in [3.63, 3.8) is 0 Å². The summed E-state index contributed by atoms with van der Waals surface area (Å²) in [4.78, 5) is 40.2. The minimum atomic E-state index is -0.472. The van der Waals surface area contributed by atoms with Crippen molar-refractivity contribution in [2.24, 2.45) is 0 Å². The standard InChI is InChI=1S/C23H21FN2O4S/c24-19-9-2-1-7-17(19)15-30-18-8-5-6-16(12-18)13-20-22(28)26(23(29)31-20)14-21(27)25-10-3-4-11-25/h1-2,5-9,12-13H,3-4,10-11,14-15H2/b20-13+. The van der Waals surface area contributed by atoms with E-state index in [0.717, 1.165) is 29.5 Å².